The number of carboxylic acid groups (broad SMARTS) is 1. The van der Waals surface area contributed by atoms with Crippen LogP contribution in [0.15, 0.2) is 27.0 Å². The number of aromatic carboxylic acids is 1. The molecule has 0 aliphatic carbocycles. The zero-order chi connectivity index (χ0) is 12.7. The quantitative estimate of drug-likeness (QED) is 0.754. The molecular formula is C11H6N2O3S2. The van der Waals surface area contributed by atoms with Crippen molar-refractivity contribution in [3.8, 4) is 11.1 Å². The summed E-state index contributed by atoms with van der Waals surface area (Å²) in [5.74, 6) is -1.56. The molecule has 0 saturated heterocycles. The average Bonchev–Trinajstić information content (AvgIpc) is 2.96. The maximum atomic E-state index is 11.9. The van der Waals surface area contributed by atoms with Crippen LogP contribution in [-0.4, -0.2) is 21.0 Å². The van der Waals surface area contributed by atoms with E-state index in [-0.39, 0.29) is 5.82 Å². The number of hydrogen-bond donors (Lipinski definition) is 2. The van der Waals surface area contributed by atoms with Gasteiger partial charge in [0.05, 0.1) is 5.39 Å². The molecule has 0 saturated carbocycles. The van der Waals surface area contributed by atoms with Crippen LogP contribution in [0.5, 0.6) is 0 Å². The summed E-state index contributed by atoms with van der Waals surface area (Å²) in [7, 11) is 0. The highest BCUT2D eigenvalue weighted by molar-refractivity contribution is 7.17. The SMILES string of the molecule is O=C(O)c1nc2scc(-c3ccsc3)c2c(=O)[nH]1. The summed E-state index contributed by atoms with van der Waals surface area (Å²) in [6, 6.07) is 1.91. The van der Waals surface area contributed by atoms with Gasteiger partial charge in [0, 0.05) is 10.9 Å². The number of thiophene rings is 2. The highest BCUT2D eigenvalue weighted by Crippen LogP contribution is 2.31. The molecule has 2 N–H and O–H groups in total. The summed E-state index contributed by atoms with van der Waals surface area (Å²) in [6.45, 7) is 0. The van der Waals surface area contributed by atoms with Gasteiger partial charge in [-0.1, -0.05) is 0 Å². The second-order valence-corrected chi connectivity index (χ2v) is 5.20. The highest BCUT2D eigenvalue weighted by Gasteiger charge is 2.15. The number of nitrogens with zero attached hydrogens (tertiary/aromatic N) is 1. The van der Waals surface area contributed by atoms with E-state index in [1.165, 1.54) is 22.7 Å². The summed E-state index contributed by atoms with van der Waals surface area (Å²) >= 11 is 2.81. The molecule has 0 aliphatic rings. The Bertz CT molecular complexity index is 786. The largest absolute Gasteiger partial charge is 0.475 e. The summed E-state index contributed by atoms with van der Waals surface area (Å²) in [5.41, 5.74) is 1.32. The molecule has 3 aromatic rings. The Hall–Kier alpha value is -1.99. The Morgan fingerprint density at radius 3 is 2.89 bits per heavy atom. The van der Waals surface area contributed by atoms with E-state index in [0.29, 0.717) is 10.2 Å². The molecule has 3 heterocycles. The van der Waals surface area contributed by atoms with Gasteiger partial charge in [-0.25, -0.2) is 9.78 Å². The first-order valence-corrected chi connectivity index (χ1v) is 6.76. The summed E-state index contributed by atoms with van der Waals surface area (Å²) < 4.78 is 0. The summed E-state index contributed by atoms with van der Waals surface area (Å²) in [4.78, 5) is 29.4. The van der Waals surface area contributed by atoms with E-state index in [1.54, 1.807) is 0 Å². The van der Waals surface area contributed by atoms with Gasteiger partial charge in [0.25, 0.3) is 5.56 Å². The summed E-state index contributed by atoms with van der Waals surface area (Å²) in [6.07, 6.45) is 0. The third-order valence-electron chi connectivity index (χ3n) is 2.48. The lowest BCUT2D eigenvalue weighted by atomic mass is 10.1. The third kappa shape index (κ3) is 1.64. The average molecular weight is 278 g/mol. The van der Waals surface area contributed by atoms with Crippen molar-refractivity contribution in [2.45, 2.75) is 0 Å². The summed E-state index contributed by atoms with van der Waals surface area (Å²) in [5, 5.41) is 15.0. The van der Waals surface area contributed by atoms with Crippen LogP contribution in [0.1, 0.15) is 10.6 Å². The van der Waals surface area contributed by atoms with E-state index in [0.717, 1.165) is 11.1 Å². The van der Waals surface area contributed by atoms with Crippen LogP contribution < -0.4 is 5.56 Å². The first-order chi connectivity index (χ1) is 8.66. The topological polar surface area (TPSA) is 83.0 Å². The lowest BCUT2D eigenvalue weighted by molar-refractivity contribution is 0.0683. The predicted octanol–water partition coefficient (Wildman–Crippen LogP) is 2.41. The van der Waals surface area contributed by atoms with Gasteiger partial charge < -0.3 is 10.1 Å². The molecular weight excluding hydrogens is 272 g/mol. The fourth-order valence-electron chi connectivity index (χ4n) is 1.68. The van der Waals surface area contributed by atoms with Crippen LogP contribution in [0.2, 0.25) is 0 Å². The van der Waals surface area contributed by atoms with E-state index < -0.39 is 11.5 Å². The molecule has 18 heavy (non-hydrogen) atoms. The Labute approximate surface area is 108 Å². The van der Waals surface area contributed by atoms with Crippen molar-refractivity contribution in [3.63, 3.8) is 0 Å². The van der Waals surface area contributed by atoms with Gasteiger partial charge in [-0.2, -0.15) is 11.3 Å². The van der Waals surface area contributed by atoms with E-state index >= 15 is 0 Å². The Morgan fingerprint density at radius 1 is 1.39 bits per heavy atom. The number of H-pyrrole nitrogens is 1. The monoisotopic (exact) mass is 278 g/mol. The number of carboxylic acids is 1. The van der Waals surface area contributed by atoms with Gasteiger partial charge in [0.2, 0.25) is 5.82 Å². The Balaban J connectivity index is 2.33. The molecule has 0 amide bonds. The van der Waals surface area contributed by atoms with E-state index in [9.17, 15) is 9.59 Å². The van der Waals surface area contributed by atoms with Gasteiger partial charge >= 0.3 is 5.97 Å². The van der Waals surface area contributed by atoms with Crippen LogP contribution in [-0.2, 0) is 0 Å². The number of fused-ring (bicyclic) bond motifs is 1. The predicted molar refractivity (Wildman–Crippen MR) is 70.5 cm³/mol. The van der Waals surface area contributed by atoms with Crippen molar-refractivity contribution in [1.82, 2.24) is 9.97 Å². The van der Waals surface area contributed by atoms with Crippen LogP contribution in [0, 0.1) is 0 Å². The molecule has 90 valence electrons. The number of aromatic amines is 1. The molecule has 7 heteroatoms. The fraction of sp³-hybridized carbons (Fsp3) is 0. The van der Waals surface area contributed by atoms with Crippen molar-refractivity contribution in [3.05, 3.63) is 38.4 Å². The molecule has 3 rings (SSSR count). The highest BCUT2D eigenvalue weighted by atomic mass is 32.1. The molecule has 0 bridgehead atoms. The van der Waals surface area contributed by atoms with E-state index in [2.05, 4.69) is 9.97 Å². The Kier molecular flexibility index (Phi) is 2.49. The first kappa shape index (κ1) is 11.1. The number of aromatic nitrogens is 2. The number of rotatable bonds is 2. The van der Waals surface area contributed by atoms with Crippen LogP contribution >= 0.6 is 22.7 Å². The van der Waals surface area contributed by atoms with Crippen molar-refractivity contribution in [2.75, 3.05) is 0 Å². The Morgan fingerprint density at radius 2 is 2.22 bits per heavy atom. The first-order valence-electron chi connectivity index (χ1n) is 4.94. The number of carbonyl (C=O) groups is 1. The maximum absolute atomic E-state index is 11.9. The minimum absolute atomic E-state index is 0.328. The molecule has 0 atom stereocenters. The van der Waals surface area contributed by atoms with Gasteiger partial charge in [-0.3, -0.25) is 4.79 Å². The van der Waals surface area contributed by atoms with Gasteiger partial charge in [0.1, 0.15) is 4.83 Å². The second-order valence-electron chi connectivity index (χ2n) is 3.56. The lowest BCUT2D eigenvalue weighted by Gasteiger charge is -1.96. The minimum Gasteiger partial charge on any atom is -0.475 e. The molecule has 0 aliphatic heterocycles. The van der Waals surface area contributed by atoms with E-state index in [1.807, 2.05) is 22.2 Å². The molecule has 3 aromatic heterocycles. The van der Waals surface area contributed by atoms with Crippen molar-refractivity contribution in [1.29, 1.82) is 0 Å². The van der Waals surface area contributed by atoms with Crippen molar-refractivity contribution >= 4 is 38.9 Å². The molecule has 0 unspecified atom stereocenters. The van der Waals surface area contributed by atoms with Gasteiger partial charge in [-0.15, -0.1) is 11.3 Å². The molecule has 0 radical (unpaired) electrons. The number of hydrogen-bond acceptors (Lipinski definition) is 5. The standard InChI is InChI=1S/C11H6N2O3S2/c14-9-7-6(5-1-2-17-3-5)4-18-10(7)13-8(12-9)11(15)16/h1-4H,(H,15,16)(H,12,13,14). The lowest BCUT2D eigenvalue weighted by Crippen LogP contribution is -2.14. The van der Waals surface area contributed by atoms with Gasteiger partial charge in [-0.05, 0) is 22.4 Å². The zero-order valence-corrected chi connectivity index (χ0v) is 10.5. The second kappa shape index (κ2) is 4.04. The van der Waals surface area contributed by atoms with Crippen molar-refractivity contribution < 1.29 is 9.90 Å². The zero-order valence-electron chi connectivity index (χ0n) is 8.84. The maximum Gasteiger partial charge on any atom is 0.372 e. The molecule has 5 nitrogen and oxygen atoms in total. The fourth-order valence-corrected chi connectivity index (χ4v) is 3.28. The van der Waals surface area contributed by atoms with Crippen LogP contribution in [0.25, 0.3) is 21.3 Å². The van der Waals surface area contributed by atoms with Gasteiger partial charge in [0.15, 0.2) is 0 Å². The van der Waals surface area contributed by atoms with Crippen molar-refractivity contribution in [2.24, 2.45) is 0 Å². The normalized spacial score (nSPS) is 10.9. The van der Waals surface area contributed by atoms with E-state index in [4.69, 9.17) is 5.11 Å². The smallest absolute Gasteiger partial charge is 0.372 e. The third-order valence-corrected chi connectivity index (χ3v) is 4.03. The van der Waals surface area contributed by atoms with Crippen LogP contribution in [0.3, 0.4) is 0 Å². The number of nitrogens with one attached hydrogen (secondary N) is 1. The minimum atomic E-state index is -1.24. The molecule has 0 aromatic carbocycles. The van der Waals surface area contributed by atoms with Crippen LogP contribution in [0.4, 0.5) is 0 Å². The molecule has 0 fully saturated rings. The molecule has 0 spiro atoms.